The predicted octanol–water partition coefficient (Wildman–Crippen LogP) is 7.34. The predicted molar refractivity (Wildman–Crippen MR) is 168 cm³/mol. The first kappa shape index (κ1) is 32.2. The molecule has 0 saturated heterocycles. The number of halogens is 3. The quantitative estimate of drug-likeness (QED) is 0.190. The molecule has 5 rings (SSSR count). The first-order chi connectivity index (χ1) is 21.9. The Morgan fingerprint density at radius 1 is 1.09 bits per heavy atom. The van der Waals surface area contributed by atoms with Crippen molar-refractivity contribution in [3.63, 3.8) is 0 Å². The molecule has 13 heteroatoms. The third kappa shape index (κ3) is 7.35. The molecule has 3 aromatic carbocycles. The molecule has 46 heavy (non-hydrogen) atoms. The normalized spacial score (nSPS) is 12.6. The largest absolute Gasteiger partial charge is 0.573 e. The molecule has 2 amide bonds. The molecule has 0 aliphatic heterocycles. The van der Waals surface area contributed by atoms with Crippen LogP contribution < -0.4 is 14.9 Å². The summed E-state index contributed by atoms with van der Waals surface area (Å²) < 4.78 is 44.6. The Bertz CT molecular complexity index is 1950. The molecule has 2 heterocycles. The Labute approximate surface area is 267 Å². The van der Waals surface area contributed by atoms with E-state index in [0.29, 0.717) is 27.4 Å². The van der Waals surface area contributed by atoms with E-state index in [1.807, 2.05) is 29.0 Å². The molecule has 0 radical (unpaired) electrons. The van der Waals surface area contributed by atoms with Crippen LogP contribution in [0.2, 0.25) is 0 Å². The molecule has 236 valence electrons. The van der Waals surface area contributed by atoms with Gasteiger partial charge in [-0.05, 0) is 66.8 Å². The lowest BCUT2D eigenvalue weighted by molar-refractivity contribution is -0.274. The van der Waals surface area contributed by atoms with Gasteiger partial charge in [0, 0.05) is 23.2 Å². The minimum Gasteiger partial charge on any atom is -0.406 e. The Kier molecular flexibility index (Phi) is 9.39. The van der Waals surface area contributed by atoms with Crippen molar-refractivity contribution in [1.82, 2.24) is 24.6 Å². The molecule has 0 aliphatic carbocycles. The fourth-order valence-corrected chi connectivity index (χ4v) is 5.98. The van der Waals surface area contributed by atoms with Gasteiger partial charge in [0.25, 0.3) is 0 Å². The number of hydrogen-bond acceptors (Lipinski definition) is 6. The van der Waals surface area contributed by atoms with Gasteiger partial charge >= 0.3 is 12.4 Å². The summed E-state index contributed by atoms with van der Waals surface area (Å²) in [4.78, 5) is 22.1. The van der Waals surface area contributed by atoms with Crippen molar-refractivity contribution < 1.29 is 22.7 Å². The van der Waals surface area contributed by atoms with Gasteiger partial charge in [-0.1, -0.05) is 50.2 Å². The average Bonchev–Trinajstić information content (AvgIpc) is 3.64. The number of nitrogens with zero attached hydrogens (tertiary/aromatic N) is 6. The molecular weight excluding hydrogens is 615 g/mol. The molecule has 0 aliphatic rings. The molecule has 5 aromatic rings. The summed E-state index contributed by atoms with van der Waals surface area (Å²) in [6.45, 7) is 8.38. The number of alkyl halides is 3. The van der Waals surface area contributed by atoms with Crippen molar-refractivity contribution in [2.45, 2.75) is 45.9 Å². The van der Waals surface area contributed by atoms with Crippen LogP contribution in [0, 0.1) is 25.2 Å². The van der Waals surface area contributed by atoms with Crippen molar-refractivity contribution in [3.8, 4) is 34.6 Å². The smallest absolute Gasteiger partial charge is 0.406 e. The zero-order chi connectivity index (χ0) is 33.0. The van der Waals surface area contributed by atoms with Gasteiger partial charge in [0.2, 0.25) is 0 Å². The van der Waals surface area contributed by atoms with Crippen molar-refractivity contribution in [2.75, 3.05) is 6.54 Å². The number of nitriles is 1. The number of urea groups is 1. The minimum atomic E-state index is -4.77. The molecule has 1 unspecified atom stereocenters. The average molecular weight is 646 g/mol. The van der Waals surface area contributed by atoms with E-state index in [1.54, 1.807) is 24.3 Å². The van der Waals surface area contributed by atoms with Crippen LogP contribution in [0.5, 0.6) is 5.75 Å². The third-order valence-electron chi connectivity index (χ3n) is 7.21. The Balaban J connectivity index is 1.26. The molecule has 1 N–H and O–H groups in total. The lowest BCUT2D eigenvalue weighted by Gasteiger charge is -2.17. The summed E-state index contributed by atoms with van der Waals surface area (Å²) in [6.07, 6.45) is -3.33. The fraction of sp³-hybridized carbons (Fsp3) is 0.242. The van der Waals surface area contributed by atoms with Crippen LogP contribution in [0.15, 0.2) is 83.4 Å². The highest BCUT2D eigenvalue weighted by Crippen LogP contribution is 2.28. The number of amides is 2. The van der Waals surface area contributed by atoms with E-state index < -0.39 is 18.3 Å². The van der Waals surface area contributed by atoms with Crippen LogP contribution in [0.1, 0.15) is 48.1 Å². The second-order valence-electron chi connectivity index (χ2n) is 10.8. The lowest BCUT2D eigenvalue weighted by atomic mass is 9.96. The van der Waals surface area contributed by atoms with E-state index in [2.05, 4.69) is 58.0 Å². The Morgan fingerprint density at radius 2 is 1.80 bits per heavy atom. The summed E-state index contributed by atoms with van der Waals surface area (Å²) in [6, 6.07) is 20.1. The number of benzene rings is 3. The highest BCUT2D eigenvalue weighted by atomic mass is 32.1. The number of carbonyl (C=O) groups excluding carboxylic acids is 1. The first-order valence-electron chi connectivity index (χ1n) is 14.3. The van der Waals surface area contributed by atoms with E-state index >= 15 is 0 Å². The van der Waals surface area contributed by atoms with Gasteiger partial charge in [0.1, 0.15) is 12.1 Å². The SMILES string of the molecule is Cc1cccc(-n2c(C)csc2=NC(=O)NCC(C#N)c2ccc(-c3ncn(-c4ccc(OC(F)(F)F)cc4)n3)cc2)c1C(C)C. The van der Waals surface area contributed by atoms with E-state index in [-0.39, 0.29) is 18.2 Å². The maximum absolute atomic E-state index is 12.9. The molecule has 2 aromatic heterocycles. The molecular formula is C33H30F3N7O2S. The van der Waals surface area contributed by atoms with Crippen molar-refractivity contribution in [3.05, 3.63) is 106 Å². The zero-order valence-electron chi connectivity index (χ0n) is 25.4. The molecule has 0 bridgehead atoms. The number of rotatable bonds is 8. The summed E-state index contributed by atoms with van der Waals surface area (Å²) in [5.41, 5.74) is 6.17. The lowest BCUT2D eigenvalue weighted by Crippen LogP contribution is -2.28. The Morgan fingerprint density at radius 3 is 2.46 bits per heavy atom. The molecule has 9 nitrogen and oxygen atoms in total. The Hall–Kier alpha value is -5.22. The molecule has 1 atom stereocenters. The van der Waals surface area contributed by atoms with Crippen LogP contribution in [0.3, 0.4) is 0 Å². The monoisotopic (exact) mass is 645 g/mol. The summed E-state index contributed by atoms with van der Waals surface area (Å²) >= 11 is 1.37. The zero-order valence-corrected chi connectivity index (χ0v) is 26.2. The number of aryl methyl sites for hydroxylation is 2. The van der Waals surface area contributed by atoms with Gasteiger partial charge in [-0.25, -0.2) is 14.5 Å². The van der Waals surface area contributed by atoms with Crippen molar-refractivity contribution in [1.29, 1.82) is 5.26 Å². The number of ether oxygens (including phenoxy) is 1. The maximum atomic E-state index is 12.9. The molecule has 0 spiro atoms. The number of thiazole rings is 1. The van der Waals surface area contributed by atoms with Crippen LogP contribution >= 0.6 is 11.3 Å². The molecule has 0 saturated carbocycles. The van der Waals surface area contributed by atoms with Gasteiger partial charge in [-0.15, -0.1) is 29.6 Å². The summed E-state index contributed by atoms with van der Waals surface area (Å²) in [5.74, 6) is -0.299. The maximum Gasteiger partial charge on any atom is 0.573 e. The topological polar surface area (TPSA) is 110 Å². The van der Waals surface area contributed by atoms with E-state index in [4.69, 9.17) is 0 Å². The minimum absolute atomic E-state index is 0.0607. The van der Waals surface area contributed by atoms with E-state index in [1.165, 1.54) is 57.7 Å². The van der Waals surface area contributed by atoms with Crippen molar-refractivity contribution >= 4 is 17.4 Å². The van der Waals surface area contributed by atoms with Crippen LogP contribution in [-0.4, -0.2) is 38.3 Å². The van der Waals surface area contributed by atoms with Crippen LogP contribution in [0.25, 0.3) is 22.8 Å². The standard InChI is InChI=1S/C33H30F3N7O2S/c1-20(2)29-21(3)6-5-7-28(29)43-22(4)18-46-32(43)40-31(44)38-17-25(16-37)23-8-10-24(11-9-23)30-39-19-42(41-30)26-12-14-27(15-13-26)45-33(34,35)36/h5-15,18-20,25H,17H2,1-4H3,(H,38,44). The van der Waals surface area contributed by atoms with E-state index in [9.17, 15) is 23.2 Å². The highest BCUT2D eigenvalue weighted by Gasteiger charge is 2.31. The second-order valence-corrected chi connectivity index (χ2v) is 11.7. The molecule has 0 fully saturated rings. The van der Waals surface area contributed by atoms with E-state index in [0.717, 1.165) is 11.4 Å². The second kappa shape index (κ2) is 13.4. The van der Waals surface area contributed by atoms with Gasteiger partial charge in [-0.3, -0.25) is 4.57 Å². The van der Waals surface area contributed by atoms with Crippen molar-refractivity contribution in [2.24, 2.45) is 4.99 Å². The summed E-state index contributed by atoms with van der Waals surface area (Å²) in [7, 11) is 0. The number of carbonyl (C=O) groups is 1. The van der Waals surface area contributed by atoms with Crippen LogP contribution in [0.4, 0.5) is 18.0 Å². The number of aromatic nitrogens is 4. The fourth-order valence-electron chi connectivity index (χ4n) is 5.11. The van der Waals surface area contributed by atoms with Gasteiger partial charge < -0.3 is 10.1 Å². The first-order valence-corrected chi connectivity index (χ1v) is 15.2. The van der Waals surface area contributed by atoms with Gasteiger partial charge in [0.15, 0.2) is 10.6 Å². The van der Waals surface area contributed by atoms with Gasteiger partial charge in [-0.2, -0.15) is 10.3 Å². The highest BCUT2D eigenvalue weighted by molar-refractivity contribution is 7.07. The number of nitrogens with one attached hydrogen (secondary N) is 1. The van der Waals surface area contributed by atoms with Gasteiger partial charge in [0.05, 0.1) is 23.4 Å². The van der Waals surface area contributed by atoms with Crippen LogP contribution in [-0.2, 0) is 0 Å². The number of hydrogen-bond donors (Lipinski definition) is 1. The third-order valence-corrected chi connectivity index (χ3v) is 8.15. The summed E-state index contributed by atoms with van der Waals surface area (Å²) in [5, 5.41) is 19.0.